The van der Waals surface area contributed by atoms with Crippen molar-refractivity contribution in [3.63, 3.8) is 0 Å². The predicted molar refractivity (Wildman–Crippen MR) is 219 cm³/mol. The fourth-order valence-electron chi connectivity index (χ4n) is 6.47. The van der Waals surface area contributed by atoms with E-state index >= 15 is 0 Å². The van der Waals surface area contributed by atoms with Crippen molar-refractivity contribution in [2.45, 2.75) is 47.0 Å². The second-order valence-electron chi connectivity index (χ2n) is 14.5. The van der Waals surface area contributed by atoms with Crippen molar-refractivity contribution in [2.75, 3.05) is 0 Å². The molecule has 0 saturated carbocycles. The summed E-state index contributed by atoms with van der Waals surface area (Å²) in [5.74, 6) is 0. The Morgan fingerprint density at radius 3 is 1.91 bits per heavy atom. The summed E-state index contributed by atoms with van der Waals surface area (Å²) in [7, 11) is 0. The SMILES string of the molecule is Cc1ccc(-c2ccc(-c3cc[c-]c(-c4cc(C(C)(C)C)ccn4)c3)c3nc(-c4ccccc4)cnc23)c(C)c1.Cc1ccnc(-c2[c-]cccc2)c1.[Ir]. The van der Waals surface area contributed by atoms with Crippen LogP contribution in [0.4, 0.5) is 0 Å². The van der Waals surface area contributed by atoms with Crippen LogP contribution in [0.5, 0.6) is 0 Å². The van der Waals surface area contributed by atoms with Crippen molar-refractivity contribution in [2.24, 2.45) is 0 Å². The minimum atomic E-state index is 0. The molecular weight excluding hydrogens is 837 g/mol. The van der Waals surface area contributed by atoms with Gasteiger partial charge in [0, 0.05) is 43.6 Å². The van der Waals surface area contributed by atoms with Gasteiger partial charge in [-0.1, -0.05) is 110 Å². The number of nitrogens with zero attached hydrogens (tertiary/aromatic N) is 4. The number of hydrogen-bond donors (Lipinski definition) is 0. The smallest absolute Gasteiger partial charge is 0.0971 e. The molecule has 0 bridgehead atoms. The summed E-state index contributed by atoms with van der Waals surface area (Å²) in [6, 6.07) is 50.2. The van der Waals surface area contributed by atoms with E-state index in [1.807, 2.05) is 73.2 Å². The minimum Gasteiger partial charge on any atom is -0.305 e. The molecule has 1 radical (unpaired) electrons. The number of benzene rings is 5. The van der Waals surface area contributed by atoms with Crippen LogP contribution in [0.25, 0.3) is 67.1 Å². The largest absolute Gasteiger partial charge is 0.305 e. The standard InChI is InChI=1S/C37H32N3.C12H10N.Ir/c1-24-14-15-30(25(2)20-24)32-17-16-31(36-35(32)39-23-34(40-36)26-10-7-6-8-11-26)27-12-9-13-28(21-27)33-22-29(18-19-38-33)37(3,4)5;1-10-7-8-13-12(9-10)11-5-3-2-4-6-11;/h6-12,14-23H,1-5H3;2-5,7-9H,1H3;/q2*-1;. The Kier molecular flexibility index (Phi) is 11.7. The van der Waals surface area contributed by atoms with Crippen molar-refractivity contribution in [1.82, 2.24) is 19.9 Å². The summed E-state index contributed by atoms with van der Waals surface area (Å²) in [6.45, 7) is 13.0. The van der Waals surface area contributed by atoms with Crippen LogP contribution in [0.15, 0.2) is 146 Å². The maximum Gasteiger partial charge on any atom is 0.0971 e. The van der Waals surface area contributed by atoms with E-state index < -0.39 is 0 Å². The van der Waals surface area contributed by atoms with Gasteiger partial charge in [-0.2, -0.15) is 0 Å². The van der Waals surface area contributed by atoms with Gasteiger partial charge < -0.3 is 9.97 Å². The normalized spacial score (nSPS) is 11.0. The summed E-state index contributed by atoms with van der Waals surface area (Å²) in [5.41, 5.74) is 16.9. The van der Waals surface area contributed by atoms with Crippen LogP contribution in [0.3, 0.4) is 0 Å². The first-order valence-electron chi connectivity index (χ1n) is 18.0. The fraction of sp³-hybridized carbons (Fsp3) is 0.143. The van der Waals surface area contributed by atoms with Crippen LogP contribution in [0.2, 0.25) is 0 Å². The molecule has 0 unspecified atom stereocenters. The Balaban J connectivity index is 0.000000300. The molecule has 0 aliphatic heterocycles. The van der Waals surface area contributed by atoms with Crippen LogP contribution >= 0.6 is 0 Å². The van der Waals surface area contributed by atoms with Crippen molar-refractivity contribution >= 4 is 11.0 Å². The second kappa shape index (κ2) is 16.6. The molecule has 0 spiro atoms. The molecule has 0 saturated heterocycles. The average molecular weight is 879 g/mol. The first-order chi connectivity index (χ1) is 25.6. The quantitative estimate of drug-likeness (QED) is 0.162. The molecule has 8 aromatic rings. The summed E-state index contributed by atoms with van der Waals surface area (Å²) in [5, 5.41) is 0. The molecule has 0 amide bonds. The second-order valence-corrected chi connectivity index (χ2v) is 14.5. The molecule has 0 atom stereocenters. The van der Waals surface area contributed by atoms with Crippen molar-refractivity contribution < 1.29 is 20.1 Å². The van der Waals surface area contributed by atoms with Gasteiger partial charge in [-0.3, -0.25) is 4.98 Å². The van der Waals surface area contributed by atoms with E-state index in [9.17, 15) is 0 Å². The van der Waals surface area contributed by atoms with E-state index in [1.54, 1.807) is 0 Å². The van der Waals surface area contributed by atoms with E-state index in [-0.39, 0.29) is 25.5 Å². The van der Waals surface area contributed by atoms with Crippen LogP contribution in [-0.2, 0) is 25.5 Å². The zero-order chi connectivity index (χ0) is 37.0. The van der Waals surface area contributed by atoms with Crippen LogP contribution in [0, 0.1) is 32.9 Å². The third-order valence-electron chi connectivity index (χ3n) is 9.36. The van der Waals surface area contributed by atoms with Gasteiger partial charge >= 0.3 is 0 Å². The van der Waals surface area contributed by atoms with E-state index in [0.717, 1.165) is 61.5 Å². The Bertz CT molecular complexity index is 2520. The fourth-order valence-corrected chi connectivity index (χ4v) is 6.47. The zero-order valence-corrected chi connectivity index (χ0v) is 33.9. The summed E-state index contributed by atoms with van der Waals surface area (Å²) in [4.78, 5) is 19.2. The summed E-state index contributed by atoms with van der Waals surface area (Å²) in [6.07, 6.45) is 5.61. The molecule has 0 N–H and O–H groups in total. The molecule has 54 heavy (non-hydrogen) atoms. The van der Waals surface area contributed by atoms with Gasteiger partial charge in [0.15, 0.2) is 0 Å². The maximum absolute atomic E-state index is 5.22. The molecule has 269 valence electrons. The molecule has 0 aliphatic carbocycles. The zero-order valence-electron chi connectivity index (χ0n) is 31.5. The average Bonchev–Trinajstić information content (AvgIpc) is 3.18. The summed E-state index contributed by atoms with van der Waals surface area (Å²) >= 11 is 0. The van der Waals surface area contributed by atoms with E-state index in [0.29, 0.717) is 0 Å². The van der Waals surface area contributed by atoms with Gasteiger partial charge in [-0.15, -0.1) is 65.7 Å². The Morgan fingerprint density at radius 1 is 0.500 bits per heavy atom. The summed E-state index contributed by atoms with van der Waals surface area (Å²) < 4.78 is 0. The third kappa shape index (κ3) is 8.60. The van der Waals surface area contributed by atoms with Gasteiger partial charge in [-0.25, -0.2) is 4.98 Å². The molecular formula is C49H42IrN4-2. The van der Waals surface area contributed by atoms with E-state index in [4.69, 9.17) is 9.97 Å². The molecule has 8 rings (SSSR count). The van der Waals surface area contributed by atoms with Crippen LogP contribution in [0.1, 0.15) is 43.0 Å². The first-order valence-corrected chi connectivity index (χ1v) is 18.0. The maximum atomic E-state index is 5.22. The molecule has 5 heteroatoms. The Labute approximate surface area is 332 Å². The number of hydrogen-bond acceptors (Lipinski definition) is 4. The minimum absolute atomic E-state index is 0. The molecule has 4 nitrogen and oxygen atoms in total. The molecule has 3 aromatic heterocycles. The molecule has 0 aliphatic rings. The monoisotopic (exact) mass is 879 g/mol. The number of aryl methyl sites for hydroxylation is 3. The van der Waals surface area contributed by atoms with Gasteiger partial charge in [0.1, 0.15) is 0 Å². The van der Waals surface area contributed by atoms with E-state index in [2.05, 4.69) is 136 Å². The number of rotatable bonds is 5. The van der Waals surface area contributed by atoms with E-state index in [1.165, 1.54) is 27.8 Å². The predicted octanol–water partition coefficient (Wildman–Crippen LogP) is 12.3. The number of aromatic nitrogens is 4. The molecule has 5 aromatic carbocycles. The van der Waals surface area contributed by atoms with Gasteiger partial charge in [0.2, 0.25) is 0 Å². The Morgan fingerprint density at radius 2 is 1.19 bits per heavy atom. The van der Waals surface area contributed by atoms with Crippen LogP contribution < -0.4 is 0 Å². The van der Waals surface area contributed by atoms with Gasteiger partial charge in [-0.05, 0) is 72.0 Å². The molecule has 3 heterocycles. The molecule has 0 fully saturated rings. The van der Waals surface area contributed by atoms with Gasteiger partial charge in [0.05, 0.1) is 22.9 Å². The van der Waals surface area contributed by atoms with Crippen molar-refractivity contribution in [1.29, 1.82) is 0 Å². The third-order valence-corrected chi connectivity index (χ3v) is 9.36. The topological polar surface area (TPSA) is 51.6 Å². The van der Waals surface area contributed by atoms with Crippen molar-refractivity contribution in [3.05, 3.63) is 180 Å². The van der Waals surface area contributed by atoms with Crippen LogP contribution in [-0.4, -0.2) is 19.9 Å². The number of pyridine rings is 2. The Hall–Kier alpha value is -5.61. The van der Waals surface area contributed by atoms with Crippen molar-refractivity contribution in [3.8, 4) is 56.0 Å². The first kappa shape index (κ1) is 38.1. The number of fused-ring (bicyclic) bond motifs is 1. The van der Waals surface area contributed by atoms with Gasteiger partial charge in [0.25, 0.3) is 0 Å².